The van der Waals surface area contributed by atoms with Gasteiger partial charge in [-0.3, -0.25) is 0 Å². The number of benzene rings is 1. The molecule has 0 spiro atoms. The molecule has 17 heteroatoms. The van der Waals surface area contributed by atoms with Crippen LogP contribution in [-0.4, -0.2) is 78.2 Å². The van der Waals surface area contributed by atoms with Crippen LogP contribution in [0, 0.1) is 11.3 Å². The van der Waals surface area contributed by atoms with Gasteiger partial charge in [0.25, 0.3) is 12.3 Å². The number of ether oxygens (including phenoxy) is 1. The Balaban J connectivity index is 1.71. The van der Waals surface area contributed by atoms with E-state index in [-0.39, 0.29) is 52.8 Å². The lowest BCUT2D eigenvalue weighted by atomic mass is 10.0. The molecule has 1 unspecified atom stereocenters. The van der Waals surface area contributed by atoms with Gasteiger partial charge < -0.3 is 15.4 Å². The maximum atomic E-state index is 15.2. The van der Waals surface area contributed by atoms with Crippen LogP contribution in [-0.2, 0) is 10.0 Å². The predicted octanol–water partition coefficient (Wildman–Crippen LogP) is 4.35. The lowest BCUT2D eigenvalue weighted by Crippen LogP contribution is -2.55. The smallest absolute Gasteiger partial charge is 0.281 e. The van der Waals surface area contributed by atoms with Gasteiger partial charge in [-0.15, -0.1) is 5.10 Å². The van der Waals surface area contributed by atoms with E-state index in [0.29, 0.717) is 4.31 Å². The van der Waals surface area contributed by atoms with Crippen molar-refractivity contribution >= 4 is 32.9 Å². The topological polar surface area (TPSA) is 137 Å². The van der Waals surface area contributed by atoms with Gasteiger partial charge in [0.1, 0.15) is 11.2 Å². The van der Waals surface area contributed by atoms with Crippen molar-refractivity contribution in [3.8, 4) is 17.0 Å². The number of hydrogen-bond acceptors (Lipinski definition) is 9. The zero-order valence-corrected chi connectivity index (χ0v) is 21.7. The molecular formula is C22H25F5N8O3S. The minimum Gasteiger partial charge on any atom is -0.479 e. The molecule has 4 rings (SSSR count). The molecule has 1 aliphatic rings. The molecule has 1 fully saturated rings. The Hall–Kier alpha value is -3.60. The van der Waals surface area contributed by atoms with E-state index in [2.05, 4.69) is 25.8 Å². The van der Waals surface area contributed by atoms with Gasteiger partial charge in [0.2, 0.25) is 21.9 Å². The second-order valence-electron chi connectivity index (χ2n) is 9.04. The predicted molar refractivity (Wildman–Crippen MR) is 132 cm³/mol. The number of sulfonamides is 1. The second kappa shape index (κ2) is 10.5. The number of aromatic nitrogens is 3. The lowest BCUT2D eigenvalue weighted by Gasteiger charge is -2.37. The van der Waals surface area contributed by atoms with E-state index in [9.17, 15) is 26.0 Å². The summed E-state index contributed by atoms with van der Waals surface area (Å²) in [5.74, 6) is -4.73. The van der Waals surface area contributed by atoms with Crippen LogP contribution in [0.15, 0.2) is 29.5 Å². The van der Waals surface area contributed by atoms with E-state index < -0.39 is 46.8 Å². The molecule has 2 atom stereocenters. The number of fused-ring (bicyclic) bond motifs is 1. The Morgan fingerprint density at radius 2 is 2.03 bits per heavy atom. The third kappa shape index (κ3) is 5.73. The molecule has 39 heavy (non-hydrogen) atoms. The molecule has 212 valence electrons. The normalized spacial score (nSPS) is 18.7. The van der Waals surface area contributed by atoms with E-state index in [0.717, 1.165) is 17.0 Å². The summed E-state index contributed by atoms with van der Waals surface area (Å²) in [5.41, 5.74) is 7.59. The molecule has 0 radical (unpaired) electrons. The highest BCUT2D eigenvalue weighted by atomic mass is 32.2. The summed E-state index contributed by atoms with van der Waals surface area (Å²) in [6, 6.07) is 1.31. The average molecular weight is 577 g/mol. The first kappa shape index (κ1) is 28.4. The number of anilines is 2. The number of nitrogens with one attached hydrogen (secondary N) is 3. The summed E-state index contributed by atoms with van der Waals surface area (Å²) in [7, 11) is -2.57. The second-order valence-corrected chi connectivity index (χ2v) is 11.0. The van der Waals surface area contributed by atoms with Crippen LogP contribution in [0.1, 0.15) is 13.3 Å². The van der Waals surface area contributed by atoms with Crippen LogP contribution < -0.4 is 15.4 Å². The summed E-state index contributed by atoms with van der Waals surface area (Å²) in [4.78, 5) is 4.11. The maximum Gasteiger partial charge on any atom is 0.281 e. The zero-order valence-electron chi connectivity index (χ0n) is 20.9. The molecule has 0 bridgehead atoms. The molecular weight excluding hydrogens is 551 g/mol. The minimum absolute atomic E-state index is 0.0302. The molecule has 1 saturated heterocycles. The molecule has 0 amide bonds. The molecule has 0 aliphatic carbocycles. The number of hydrogen-bond donors (Lipinski definition) is 3. The number of piperidine rings is 1. The van der Waals surface area contributed by atoms with Gasteiger partial charge in [0, 0.05) is 6.54 Å². The van der Waals surface area contributed by atoms with Gasteiger partial charge >= 0.3 is 0 Å². The Kier molecular flexibility index (Phi) is 7.66. The van der Waals surface area contributed by atoms with E-state index in [4.69, 9.17) is 10.3 Å². The maximum absolute atomic E-state index is 15.2. The summed E-state index contributed by atoms with van der Waals surface area (Å²) in [6.45, 7) is 0.0700. The van der Waals surface area contributed by atoms with Crippen molar-refractivity contribution in [1.82, 2.24) is 18.9 Å². The minimum atomic E-state index is -3.81. The summed E-state index contributed by atoms with van der Waals surface area (Å²) >= 11 is 0. The van der Waals surface area contributed by atoms with Crippen molar-refractivity contribution < 1.29 is 35.1 Å². The molecule has 1 aliphatic heterocycles. The standard InChI is InChI=1S/C22H25F5N8O3S/c1-11(19(24)25)29-15-8-12(4-5-14(15)32-28)17-13(23)9-35-18(17)20(38-2)31-21(33-35)30-16-6-7-34(39(3,36)37)10-22(16,26)27/h4-5,8-9,11,16,19,28-29H,6-7,10H2,1-3H3,(H,30,33)/t11-,16?/m0/s1. The van der Waals surface area contributed by atoms with Crippen molar-refractivity contribution in [2.24, 2.45) is 5.11 Å². The molecule has 3 aromatic rings. The number of alkyl halides is 4. The molecule has 3 N–H and O–H groups in total. The lowest BCUT2D eigenvalue weighted by molar-refractivity contribution is -0.0541. The van der Waals surface area contributed by atoms with Crippen molar-refractivity contribution in [1.29, 1.82) is 5.53 Å². The number of halogens is 5. The first-order chi connectivity index (χ1) is 18.2. The third-order valence-electron chi connectivity index (χ3n) is 6.25. The Labute approximate surface area is 219 Å². The highest BCUT2D eigenvalue weighted by Gasteiger charge is 2.47. The van der Waals surface area contributed by atoms with Crippen molar-refractivity contribution in [2.45, 2.75) is 37.8 Å². The van der Waals surface area contributed by atoms with Gasteiger partial charge in [-0.25, -0.2) is 40.4 Å². The van der Waals surface area contributed by atoms with E-state index in [1.165, 1.54) is 32.2 Å². The largest absolute Gasteiger partial charge is 0.479 e. The number of nitrogens with zero attached hydrogens (tertiary/aromatic N) is 5. The molecule has 3 heterocycles. The number of rotatable bonds is 9. The number of methoxy groups -OCH3 is 1. The van der Waals surface area contributed by atoms with Gasteiger partial charge in [-0.05, 0) is 31.0 Å². The Morgan fingerprint density at radius 1 is 1.31 bits per heavy atom. The van der Waals surface area contributed by atoms with Crippen LogP contribution >= 0.6 is 0 Å². The SMILES string of the molecule is COc1nc(NC2CCN(S(C)(=O)=O)CC2(F)F)nn2cc(F)c(-c3ccc(N=N)c(N[C@@H](C)C(F)F)c3)c12. The van der Waals surface area contributed by atoms with Gasteiger partial charge in [-0.2, -0.15) is 14.4 Å². The zero-order chi connectivity index (χ0) is 28.7. The van der Waals surface area contributed by atoms with Crippen LogP contribution in [0.3, 0.4) is 0 Å². The first-order valence-electron chi connectivity index (χ1n) is 11.5. The van der Waals surface area contributed by atoms with E-state index >= 15 is 4.39 Å². The third-order valence-corrected chi connectivity index (χ3v) is 7.50. The summed E-state index contributed by atoms with van der Waals surface area (Å²) < 4.78 is 101. The Morgan fingerprint density at radius 3 is 2.62 bits per heavy atom. The van der Waals surface area contributed by atoms with Crippen molar-refractivity contribution in [2.75, 3.05) is 37.1 Å². The summed E-state index contributed by atoms with van der Waals surface area (Å²) in [5, 5.41) is 12.5. The highest BCUT2D eigenvalue weighted by molar-refractivity contribution is 7.88. The molecule has 0 saturated carbocycles. The fourth-order valence-electron chi connectivity index (χ4n) is 4.24. The van der Waals surface area contributed by atoms with Gasteiger partial charge in [0.05, 0.1) is 49.4 Å². The average Bonchev–Trinajstić information content (AvgIpc) is 3.19. The monoisotopic (exact) mass is 576 g/mol. The fourth-order valence-corrected chi connectivity index (χ4v) is 5.08. The van der Waals surface area contributed by atoms with Crippen molar-refractivity contribution in [3.63, 3.8) is 0 Å². The Bertz CT molecular complexity index is 1500. The molecule has 1 aromatic carbocycles. The highest BCUT2D eigenvalue weighted by Crippen LogP contribution is 2.38. The quantitative estimate of drug-likeness (QED) is 0.254. The van der Waals surface area contributed by atoms with Gasteiger partial charge in [-0.1, -0.05) is 6.07 Å². The van der Waals surface area contributed by atoms with E-state index in [1.807, 2.05) is 0 Å². The molecule has 11 nitrogen and oxygen atoms in total. The van der Waals surface area contributed by atoms with Crippen LogP contribution in [0.2, 0.25) is 0 Å². The summed E-state index contributed by atoms with van der Waals surface area (Å²) in [6.07, 6.45) is -1.13. The molecule has 2 aromatic heterocycles. The van der Waals surface area contributed by atoms with E-state index in [1.54, 1.807) is 0 Å². The van der Waals surface area contributed by atoms with Crippen LogP contribution in [0.25, 0.3) is 16.6 Å². The van der Waals surface area contributed by atoms with Crippen LogP contribution in [0.4, 0.5) is 39.3 Å². The van der Waals surface area contributed by atoms with Gasteiger partial charge in [0.15, 0.2) is 5.82 Å². The first-order valence-corrected chi connectivity index (χ1v) is 13.4. The fraction of sp³-hybridized carbons (Fsp3) is 0.455. The van der Waals surface area contributed by atoms with Crippen LogP contribution in [0.5, 0.6) is 5.88 Å². The van der Waals surface area contributed by atoms with Crippen molar-refractivity contribution in [3.05, 3.63) is 30.2 Å².